The molecule has 0 atom stereocenters. The van der Waals surface area contributed by atoms with Crippen molar-refractivity contribution in [2.24, 2.45) is 0 Å². The van der Waals surface area contributed by atoms with E-state index < -0.39 is 4.92 Å². The highest BCUT2D eigenvalue weighted by Gasteiger charge is 2.30. The van der Waals surface area contributed by atoms with Gasteiger partial charge in [0.15, 0.2) is 0 Å². The van der Waals surface area contributed by atoms with Crippen LogP contribution in [0.4, 0.5) is 11.4 Å². The van der Waals surface area contributed by atoms with Gasteiger partial charge in [-0.2, -0.15) is 0 Å². The number of hydrogen-bond donors (Lipinski definition) is 0. The maximum Gasteiger partial charge on any atom is 0.269 e. The number of non-ortho nitro benzene ring substituents is 1. The Bertz CT molecular complexity index is 1480. The predicted octanol–water partition coefficient (Wildman–Crippen LogP) is 7.45. The van der Waals surface area contributed by atoms with E-state index in [0.717, 1.165) is 22.5 Å². The molecule has 3 aromatic carbocycles. The number of hydrogen-bond acceptors (Lipinski definition) is 4. The first kappa shape index (κ1) is 23.1. The fourth-order valence-corrected chi connectivity index (χ4v) is 4.19. The van der Waals surface area contributed by atoms with Crippen molar-refractivity contribution in [3.8, 4) is 11.3 Å². The zero-order chi connectivity index (χ0) is 25.2. The van der Waals surface area contributed by atoms with Gasteiger partial charge in [0.2, 0.25) is 0 Å². The van der Waals surface area contributed by atoms with Crippen molar-refractivity contribution in [2.45, 2.75) is 19.8 Å². The lowest BCUT2D eigenvalue weighted by molar-refractivity contribution is -0.384. The van der Waals surface area contributed by atoms with Crippen LogP contribution in [0.5, 0.6) is 0 Å². The Morgan fingerprint density at radius 3 is 2.19 bits per heavy atom. The summed E-state index contributed by atoms with van der Waals surface area (Å²) in [4.78, 5) is 25.8. The highest BCUT2D eigenvalue weighted by Crippen LogP contribution is 2.36. The highest BCUT2D eigenvalue weighted by atomic mass is 16.6. The zero-order valence-electron chi connectivity index (χ0n) is 19.9. The molecule has 36 heavy (non-hydrogen) atoms. The largest absolute Gasteiger partial charge is 0.457 e. The number of furan rings is 1. The lowest BCUT2D eigenvalue weighted by Gasteiger charge is -2.21. The third kappa shape index (κ3) is 4.49. The van der Waals surface area contributed by atoms with Gasteiger partial charge in [-0.1, -0.05) is 56.3 Å². The molecule has 0 aliphatic carbocycles. The van der Waals surface area contributed by atoms with Crippen molar-refractivity contribution in [1.82, 2.24) is 0 Å². The van der Waals surface area contributed by atoms with E-state index in [1.165, 1.54) is 17.7 Å². The summed E-state index contributed by atoms with van der Waals surface area (Å²) in [6.45, 7) is 4.28. The standard InChI is InChI=1S/C30H24N2O4/c1-20(2)21-8-12-25(13-9-21)31-28(22-6-4-3-5-7-22)19-24(30(31)33)18-27-16-17-29(36-27)23-10-14-26(15-11-23)32(34)35/h3-20H,1-2H3/b24-18+. The fourth-order valence-electron chi connectivity index (χ4n) is 4.19. The second-order valence-corrected chi connectivity index (χ2v) is 8.89. The summed E-state index contributed by atoms with van der Waals surface area (Å²) in [6, 6.07) is 27.6. The van der Waals surface area contributed by atoms with Crippen LogP contribution in [0, 0.1) is 10.1 Å². The maximum absolute atomic E-state index is 13.6. The molecule has 5 rings (SSSR count). The minimum Gasteiger partial charge on any atom is -0.457 e. The molecule has 0 fully saturated rings. The second kappa shape index (κ2) is 9.50. The summed E-state index contributed by atoms with van der Waals surface area (Å²) < 4.78 is 5.96. The van der Waals surface area contributed by atoms with Crippen LogP contribution in [0.2, 0.25) is 0 Å². The molecule has 0 spiro atoms. The van der Waals surface area contributed by atoms with E-state index >= 15 is 0 Å². The van der Waals surface area contributed by atoms with Crippen molar-refractivity contribution >= 4 is 29.1 Å². The summed E-state index contributed by atoms with van der Waals surface area (Å²) in [5.41, 5.74) is 4.99. The molecule has 1 aromatic heterocycles. The van der Waals surface area contributed by atoms with E-state index in [-0.39, 0.29) is 11.6 Å². The van der Waals surface area contributed by atoms with Crippen LogP contribution in [0.15, 0.2) is 107 Å². The molecule has 0 radical (unpaired) electrons. The lowest BCUT2D eigenvalue weighted by atomic mass is 10.0. The third-order valence-electron chi connectivity index (χ3n) is 6.16. The first-order valence-electron chi connectivity index (χ1n) is 11.7. The zero-order valence-corrected chi connectivity index (χ0v) is 19.9. The monoisotopic (exact) mass is 476 g/mol. The highest BCUT2D eigenvalue weighted by molar-refractivity contribution is 6.23. The van der Waals surface area contributed by atoms with Gasteiger partial charge in [-0.15, -0.1) is 0 Å². The summed E-state index contributed by atoms with van der Waals surface area (Å²) in [5.74, 6) is 1.35. The van der Waals surface area contributed by atoms with E-state index in [1.54, 1.807) is 35.2 Å². The molecular weight excluding hydrogens is 452 g/mol. The topological polar surface area (TPSA) is 76.6 Å². The van der Waals surface area contributed by atoms with Crippen LogP contribution in [-0.2, 0) is 4.79 Å². The number of nitrogens with zero attached hydrogens (tertiary/aromatic N) is 2. The molecule has 178 valence electrons. The molecule has 1 aliphatic rings. The Balaban J connectivity index is 1.49. The molecule has 0 bridgehead atoms. The number of rotatable bonds is 6. The fraction of sp³-hybridized carbons (Fsp3) is 0.100. The number of carbonyl (C=O) groups excluding carboxylic acids is 1. The molecule has 0 N–H and O–H groups in total. The number of nitro groups is 1. The Hall–Kier alpha value is -4.71. The van der Waals surface area contributed by atoms with Crippen LogP contribution in [0.3, 0.4) is 0 Å². The van der Waals surface area contributed by atoms with Crippen molar-refractivity contribution in [3.05, 3.63) is 130 Å². The van der Waals surface area contributed by atoms with Crippen molar-refractivity contribution in [1.29, 1.82) is 0 Å². The molecule has 2 heterocycles. The summed E-state index contributed by atoms with van der Waals surface area (Å²) in [5, 5.41) is 10.9. The summed E-state index contributed by atoms with van der Waals surface area (Å²) in [6.07, 6.45) is 3.60. The second-order valence-electron chi connectivity index (χ2n) is 8.89. The predicted molar refractivity (Wildman–Crippen MR) is 141 cm³/mol. The van der Waals surface area contributed by atoms with Gasteiger partial charge in [0.25, 0.3) is 11.6 Å². The molecule has 0 saturated carbocycles. The number of amides is 1. The Morgan fingerprint density at radius 1 is 0.861 bits per heavy atom. The lowest BCUT2D eigenvalue weighted by Crippen LogP contribution is -2.24. The van der Waals surface area contributed by atoms with Gasteiger partial charge in [-0.25, -0.2) is 0 Å². The molecule has 1 aliphatic heterocycles. The molecule has 0 saturated heterocycles. The van der Waals surface area contributed by atoms with E-state index in [2.05, 4.69) is 26.0 Å². The molecule has 0 unspecified atom stereocenters. The molecular formula is C30H24N2O4. The average molecular weight is 477 g/mol. The van der Waals surface area contributed by atoms with Crippen molar-refractivity contribution in [2.75, 3.05) is 4.90 Å². The van der Waals surface area contributed by atoms with E-state index in [0.29, 0.717) is 23.0 Å². The molecule has 1 amide bonds. The van der Waals surface area contributed by atoms with E-state index in [9.17, 15) is 14.9 Å². The summed E-state index contributed by atoms with van der Waals surface area (Å²) in [7, 11) is 0. The minimum atomic E-state index is -0.438. The van der Waals surface area contributed by atoms with Crippen LogP contribution < -0.4 is 4.90 Å². The molecule has 4 aromatic rings. The van der Waals surface area contributed by atoms with Gasteiger partial charge in [-0.05, 0) is 65.6 Å². The van der Waals surface area contributed by atoms with Gasteiger partial charge < -0.3 is 4.42 Å². The van der Waals surface area contributed by atoms with Crippen molar-refractivity contribution < 1.29 is 14.1 Å². The smallest absolute Gasteiger partial charge is 0.269 e. The van der Waals surface area contributed by atoms with Gasteiger partial charge in [0.05, 0.1) is 10.6 Å². The average Bonchev–Trinajstić information content (AvgIpc) is 3.49. The Labute approximate surface area is 209 Å². The number of anilines is 1. The van der Waals surface area contributed by atoms with Gasteiger partial charge in [-0.3, -0.25) is 19.8 Å². The van der Waals surface area contributed by atoms with E-state index in [4.69, 9.17) is 4.42 Å². The minimum absolute atomic E-state index is 0.0179. The quantitative estimate of drug-likeness (QED) is 0.164. The Kier molecular flexibility index (Phi) is 6.09. The normalized spacial score (nSPS) is 14.5. The molecule has 6 heteroatoms. The van der Waals surface area contributed by atoms with Crippen LogP contribution in [-0.4, -0.2) is 10.8 Å². The van der Waals surface area contributed by atoms with Gasteiger partial charge in [0, 0.05) is 29.0 Å². The SMILES string of the molecule is CC(C)c1ccc(N2C(=O)/C(=C/c3ccc(-c4ccc([N+](=O)[O-])cc4)o3)C=C2c2ccccc2)cc1. The van der Waals surface area contributed by atoms with Crippen LogP contribution in [0.1, 0.15) is 36.7 Å². The van der Waals surface area contributed by atoms with E-state index in [1.807, 2.05) is 48.5 Å². The third-order valence-corrected chi connectivity index (χ3v) is 6.16. The van der Waals surface area contributed by atoms with Crippen LogP contribution >= 0.6 is 0 Å². The number of nitro benzene ring substituents is 1. The van der Waals surface area contributed by atoms with Gasteiger partial charge >= 0.3 is 0 Å². The summed E-state index contributed by atoms with van der Waals surface area (Å²) >= 11 is 0. The number of benzene rings is 3. The van der Waals surface area contributed by atoms with Crippen LogP contribution in [0.25, 0.3) is 23.1 Å². The van der Waals surface area contributed by atoms with Gasteiger partial charge in [0.1, 0.15) is 11.5 Å². The molecule has 6 nitrogen and oxygen atoms in total. The Morgan fingerprint density at radius 2 is 1.56 bits per heavy atom. The maximum atomic E-state index is 13.6. The number of carbonyl (C=O) groups is 1. The van der Waals surface area contributed by atoms with Crippen molar-refractivity contribution in [3.63, 3.8) is 0 Å². The first-order valence-corrected chi connectivity index (χ1v) is 11.7. The first-order chi connectivity index (χ1) is 17.4.